The highest BCUT2D eigenvalue weighted by Crippen LogP contribution is 2.33. The van der Waals surface area contributed by atoms with E-state index in [4.69, 9.17) is 4.74 Å². The van der Waals surface area contributed by atoms with E-state index in [0.29, 0.717) is 18.9 Å². The Morgan fingerprint density at radius 3 is 2.56 bits per heavy atom. The average molecular weight is 461 g/mol. The molecule has 7 heteroatoms. The van der Waals surface area contributed by atoms with Crippen molar-refractivity contribution in [1.29, 1.82) is 0 Å². The topological polar surface area (TPSA) is 76.5 Å². The average Bonchev–Trinajstić information content (AvgIpc) is 3.45. The summed E-state index contributed by atoms with van der Waals surface area (Å²) in [6, 6.07) is 15.6. The van der Waals surface area contributed by atoms with Gasteiger partial charge in [-0.25, -0.2) is 4.98 Å². The number of rotatable bonds is 6. The minimum absolute atomic E-state index is 0.0880. The van der Waals surface area contributed by atoms with Crippen molar-refractivity contribution in [3.63, 3.8) is 0 Å². The van der Waals surface area contributed by atoms with Crippen molar-refractivity contribution in [3.8, 4) is 5.75 Å². The molecule has 178 valence electrons. The number of ether oxygens (including phenoxy) is 1. The first kappa shape index (κ1) is 22.4. The molecular formula is C27H32N4O3. The van der Waals surface area contributed by atoms with E-state index in [0.717, 1.165) is 48.0 Å². The number of aromatic nitrogens is 2. The maximum Gasteiger partial charge on any atom is 0.291 e. The number of carbonyl (C=O) groups is 2. The Labute approximate surface area is 200 Å². The predicted octanol–water partition coefficient (Wildman–Crippen LogP) is 4.30. The molecule has 1 N–H and O–H groups in total. The minimum Gasteiger partial charge on any atom is -0.491 e. The predicted molar refractivity (Wildman–Crippen MR) is 131 cm³/mol. The maximum atomic E-state index is 13.8. The molecular weight excluding hydrogens is 428 g/mol. The molecule has 5 rings (SSSR count). The molecule has 3 aromatic rings. The number of nitrogens with zero attached hydrogens (tertiary/aromatic N) is 3. The van der Waals surface area contributed by atoms with Gasteiger partial charge in [-0.2, -0.15) is 0 Å². The van der Waals surface area contributed by atoms with Gasteiger partial charge in [0.25, 0.3) is 5.91 Å². The Morgan fingerprint density at radius 2 is 1.85 bits per heavy atom. The van der Waals surface area contributed by atoms with Crippen LogP contribution >= 0.6 is 0 Å². The number of imidazole rings is 1. The quantitative estimate of drug-likeness (QED) is 0.595. The molecule has 1 saturated carbocycles. The zero-order valence-corrected chi connectivity index (χ0v) is 20.1. The fourth-order valence-electron chi connectivity index (χ4n) is 5.12. The third kappa shape index (κ3) is 4.04. The van der Waals surface area contributed by atoms with Gasteiger partial charge >= 0.3 is 0 Å². The van der Waals surface area contributed by atoms with Gasteiger partial charge in [-0.3, -0.25) is 9.59 Å². The molecule has 1 fully saturated rings. The van der Waals surface area contributed by atoms with Gasteiger partial charge < -0.3 is 19.5 Å². The van der Waals surface area contributed by atoms with Crippen LogP contribution in [0, 0.1) is 0 Å². The molecule has 0 saturated heterocycles. The molecule has 1 atom stereocenters. The van der Waals surface area contributed by atoms with Crippen LogP contribution in [0.2, 0.25) is 0 Å². The van der Waals surface area contributed by atoms with Gasteiger partial charge in [-0.05, 0) is 63.4 Å². The molecule has 2 heterocycles. The van der Waals surface area contributed by atoms with Crippen LogP contribution in [0.25, 0.3) is 11.0 Å². The first-order valence-corrected chi connectivity index (χ1v) is 12.2. The SMILES string of the molecule is CC(C)Oc1ccc(CN2C(=O)c3nc4ccccc4n3C[C@@]2(C)C(=O)NC2CCCC2)cc1. The lowest BCUT2D eigenvalue weighted by molar-refractivity contribution is -0.133. The molecule has 1 aromatic heterocycles. The van der Waals surface area contributed by atoms with E-state index in [1.54, 1.807) is 4.90 Å². The van der Waals surface area contributed by atoms with Gasteiger partial charge in [0.1, 0.15) is 11.3 Å². The van der Waals surface area contributed by atoms with Gasteiger partial charge in [0.2, 0.25) is 5.91 Å². The van der Waals surface area contributed by atoms with Gasteiger partial charge in [0.15, 0.2) is 5.82 Å². The maximum absolute atomic E-state index is 13.8. The number of fused-ring (bicyclic) bond motifs is 3. The van der Waals surface area contributed by atoms with Crippen molar-refractivity contribution in [3.05, 3.63) is 59.9 Å². The number of hydrogen-bond acceptors (Lipinski definition) is 4. The summed E-state index contributed by atoms with van der Waals surface area (Å²) in [4.78, 5) is 33.8. The summed E-state index contributed by atoms with van der Waals surface area (Å²) >= 11 is 0. The van der Waals surface area contributed by atoms with Gasteiger partial charge in [-0.1, -0.05) is 37.1 Å². The number of carbonyl (C=O) groups excluding carboxylic acids is 2. The lowest BCUT2D eigenvalue weighted by atomic mass is 9.93. The molecule has 7 nitrogen and oxygen atoms in total. The number of para-hydroxylation sites is 2. The van der Waals surface area contributed by atoms with Crippen LogP contribution in [0.3, 0.4) is 0 Å². The second-order valence-electron chi connectivity index (χ2n) is 9.94. The van der Waals surface area contributed by atoms with Crippen molar-refractivity contribution >= 4 is 22.8 Å². The number of hydrogen-bond donors (Lipinski definition) is 1. The molecule has 2 aliphatic rings. The van der Waals surface area contributed by atoms with Crippen molar-refractivity contribution in [2.75, 3.05) is 0 Å². The Balaban J connectivity index is 1.50. The highest BCUT2D eigenvalue weighted by atomic mass is 16.5. The number of benzene rings is 2. The summed E-state index contributed by atoms with van der Waals surface area (Å²) in [5.74, 6) is 0.837. The lowest BCUT2D eigenvalue weighted by Crippen LogP contribution is -2.64. The monoisotopic (exact) mass is 460 g/mol. The van der Waals surface area contributed by atoms with Crippen molar-refractivity contribution in [2.24, 2.45) is 0 Å². The normalized spacial score (nSPS) is 20.7. The summed E-state index contributed by atoms with van der Waals surface area (Å²) in [5, 5.41) is 3.24. The standard InChI is InChI=1S/C27H32N4O3/c1-18(2)34-21-14-12-19(13-15-21)16-31-25(32)24-29-22-10-6-7-11-23(22)30(24)17-27(31,3)26(33)28-20-8-4-5-9-20/h6-7,10-15,18,20H,4-5,8-9,16-17H2,1-3H3,(H,28,33)/t27-/m0/s1. The molecule has 0 unspecified atom stereocenters. The fourth-order valence-corrected chi connectivity index (χ4v) is 5.12. The van der Waals surface area contributed by atoms with Crippen molar-refractivity contribution in [1.82, 2.24) is 19.8 Å². The molecule has 0 bridgehead atoms. The van der Waals surface area contributed by atoms with E-state index in [2.05, 4.69) is 10.3 Å². The third-order valence-electron chi connectivity index (χ3n) is 6.97. The summed E-state index contributed by atoms with van der Waals surface area (Å²) in [5.41, 5.74) is 1.54. The Bertz CT molecular complexity index is 1210. The molecule has 0 radical (unpaired) electrons. The zero-order chi connectivity index (χ0) is 23.9. The molecule has 34 heavy (non-hydrogen) atoms. The van der Waals surface area contributed by atoms with Crippen molar-refractivity contribution in [2.45, 2.75) is 77.2 Å². The molecule has 2 amide bonds. The molecule has 1 aliphatic carbocycles. The lowest BCUT2D eigenvalue weighted by Gasteiger charge is -2.44. The summed E-state index contributed by atoms with van der Waals surface area (Å²) in [6.45, 7) is 6.53. The van der Waals surface area contributed by atoms with Crippen molar-refractivity contribution < 1.29 is 14.3 Å². The minimum atomic E-state index is -1.04. The zero-order valence-electron chi connectivity index (χ0n) is 20.1. The van der Waals surface area contributed by atoms with E-state index in [1.165, 1.54) is 0 Å². The second kappa shape index (κ2) is 8.78. The van der Waals surface area contributed by atoms with Crippen LogP contribution in [-0.2, 0) is 17.9 Å². The fraction of sp³-hybridized carbons (Fsp3) is 0.444. The first-order valence-electron chi connectivity index (χ1n) is 12.2. The van der Waals surface area contributed by atoms with Crippen LogP contribution in [0.15, 0.2) is 48.5 Å². The third-order valence-corrected chi connectivity index (χ3v) is 6.97. The molecule has 1 aliphatic heterocycles. The summed E-state index contributed by atoms with van der Waals surface area (Å²) < 4.78 is 7.66. The van der Waals surface area contributed by atoms with E-state index in [9.17, 15) is 9.59 Å². The van der Waals surface area contributed by atoms with E-state index in [-0.39, 0.29) is 24.0 Å². The van der Waals surface area contributed by atoms with Crippen LogP contribution in [0.1, 0.15) is 62.6 Å². The van der Waals surface area contributed by atoms with Gasteiger partial charge in [0.05, 0.1) is 23.7 Å². The highest BCUT2D eigenvalue weighted by molar-refractivity contribution is 6.01. The summed E-state index contributed by atoms with van der Waals surface area (Å²) in [7, 11) is 0. The van der Waals surface area contributed by atoms with Crippen LogP contribution in [0.4, 0.5) is 0 Å². The van der Waals surface area contributed by atoms with E-state index in [1.807, 2.05) is 73.9 Å². The van der Waals surface area contributed by atoms with E-state index >= 15 is 0 Å². The smallest absolute Gasteiger partial charge is 0.291 e. The highest BCUT2D eigenvalue weighted by Gasteiger charge is 2.48. The van der Waals surface area contributed by atoms with E-state index < -0.39 is 5.54 Å². The van der Waals surface area contributed by atoms with Gasteiger partial charge in [0, 0.05) is 12.6 Å². The van der Waals surface area contributed by atoms with Gasteiger partial charge in [-0.15, -0.1) is 0 Å². The van der Waals surface area contributed by atoms with Crippen LogP contribution in [-0.4, -0.2) is 44.0 Å². The number of nitrogens with one attached hydrogen (secondary N) is 1. The molecule has 2 aromatic carbocycles. The molecule has 0 spiro atoms. The first-order chi connectivity index (χ1) is 16.3. The Hall–Kier alpha value is -3.35. The number of amides is 2. The Kier molecular flexibility index (Phi) is 5.80. The Morgan fingerprint density at radius 1 is 1.15 bits per heavy atom. The van der Waals surface area contributed by atoms with Crippen LogP contribution in [0.5, 0.6) is 5.75 Å². The largest absolute Gasteiger partial charge is 0.491 e. The second-order valence-corrected chi connectivity index (χ2v) is 9.94. The summed E-state index contributed by atoms with van der Waals surface area (Å²) in [6.07, 6.45) is 4.33. The van der Waals surface area contributed by atoms with Crippen LogP contribution < -0.4 is 10.1 Å².